The number of amides is 2. The molecule has 7 heteroatoms. The lowest BCUT2D eigenvalue weighted by molar-refractivity contribution is -0.120. The summed E-state index contributed by atoms with van der Waals surface area (Å²) in [7, 11) is 0. The zero-order valence-corrected chi connectivity index (χ0v) is 12.1. The number of anilines is 2. The first-order valence-corrected chi connectivity index (χ1v) is 6.92. The molecule has 1 aliphatic rings. The highest BCUT2D eigenvalue weighted by Crippen LogP contribution is 2.26. The Morgan fingerprint density at radius 1 is 0.957 bits per heavy atom. The molecule has 3 rings (SSSR count). The highest BCUT2D eigenvalue weighted by molar-refractivity contribution is 6.01. The first-order chi connectivity index (χ1) is 11.0. The van der Waals surface area contributed by atoms with Gasteiger partial charge in [0.05, 0.1) is 0 Å². The largest absolute Gasteiger partial charge is 0.457 e. The molecule has 7 nitrogen and oxygen atoms in total. The zero-order valence-electron chi connectivity index (χ0n) is 12.1. The van der Waals surface area contributed by atoms with Crippen molar-refractivity contribution in [1.29, 1.82) is 0 Å². The lowest BCUT2D eigenvalue weighted by Crippen LogP contribution is -2.26. The molecule has 0 bridgehead atoms. The van der Waals surface area contributed by atoms with Gasteiger partial charge in [-0.2, -0.15) is 0 Å². The van der Waals surface area contributed by atoms with Crippen molar-refractivity contribution in [2.75, 3.05) is 11.1 Å². The summed E-state index contributed by atoms with van der Waals surface area (Å²) in [5.41, 5.74) is 11.9. The minimum Gasteiger partial charge on any atom is -0.457 e. The number of nitrogen functional groups attached to an aromatic ring is 1. The second-order valence-corrected chi connectivity index (χ2v) is 5.06. The standard InChI is InChI=1S/C16H15N3O4/c17-9-1-5-11(6-2-9)22-12-7-3-10(4-8-12)19-16(21)14-13(23-14)15(18)20/h1-8,13-14H,17H2,(H2,18,20)(H,19,21)/t13-,14+/m1/s1. The van der Waals surface area contributed by atoms with Crippen molar-refractivity contribution in [3.8, 4) is 11.5 Å². The minimum absolute atomic E-state index is 0.402. The summed E-state index contributed by atoms with van der Waals surface area (Å²) in [6.45, 7) is 0. The van der Waals surface area contributed by atoms with E-state index in [1.165, 1.54) is 0 Å². The summed E-state index contributed by atoms with van der Waals surface area (Å²) >= 11 is 0. The third kappa shape index (κ3) is 3.58. The molecule has 5 N–H and O–H groups in total. The molecule has 1 heterocycles. The number of primary amides is 1. The number of carbonyl (C=O) groups is 2. The normalized spacial score (nSPS) is 19.0. The monoisotopic (exact) mass is 313 g/mol. The van der Waals surface area contributed by atoms with Crippen molar-refractivity contribution in [3.63, 3.8) is 0 Å². The van der Waals surface area contributed by atoms with E-state index in [1.807, 2.05) is 0 Å². The minimum atomic E-state index is -0.830. The Kier molecular flexibility index (Phi) is 3.86. The fraction of sp³-hybridized carbons (Fsp3) is 0.125. The molecular formula is C16H15N3O4. The molecule has 118 valence electrons. The highest BCUT2D eigenvalue weighted by Gasteiger charge is 2.49. The van der Waals surface area contributed by atoms with Gasteiger partial charge in [0, 0.05) is 11.4 Å². The second kappa shape index (κ2) is 5.98. The molecule has 2 aromatic rings. The van der Waals surface area contributed by atoms with Crippen molar-refractivity contribution in [2.24, 2.45) is 5.73 Å². The lowest BCUT2D eigenvalue weighted by Gasteiger charge is -2.07. The molecule has 0 saturated carbocycles. The fourth-order valence-corrected chi connectivity index (χ4v) is 2.02. The Bertz CT molecular complexity index is 728. The van der Waals surface area contributed by atoms with Crippen molar-refractivity contribution < 1.29 is 19.1 Å². The van der Waals surface area contributed by atoms with Crippen LogP contribution in [0.5, 0.6) is 11.5 Å². The number of epoxide rings is 1. The molecule has 0 radical (unpaired) electrons. The van der Waals surface area contributed by atoms with Crippen LogP contribution >= 0.6 is 0 Å². The third-order valence-corrected chi connectivity index (χ3v) is 3.27. The molecule has 2 aromatic carbocycles. The fourth-order valence-electron chi connectivity index (χ4n) is 2.02. The van der Waals surface area contributed by atoms with Gasteiger partial charge in [-0.3, -0.25) is 9.59 Å². The van der Waals surface area contributed by atoms with E-state index in [2.05, 4.69) is 5.32 Å². The second-order valence-electron chi connectivity index (χ2n) is 5.06. The van der Waals surface area contributed by atoms with Crippen LogP contribution in [0.1, 0.15) is 0 Å². The number of nitrogens with one attached hydrogen (secondary N) is 1. The van der Waals surface area contributed by atoms with Gasteiger partial charge in [-0.1, -0.05) is 0 Å². The van der Waals surface area contributed by atoms with Crippen LogP contribution in [-0.4, -0.2) is 24.0 Å². The van der Waals surface area contributed by atoms with Gasteiger partial charge in [0.25, 0.3) is 5.91 Å². The topological polar surface area (TPSA) is 120 Å². The van der Waals surface area contributed by atoms with Crippen LogP contribution in [0.4, 0.5) is 11.4 Å². The summed E-state index contributed by atoms with van der Waals surface area (Å²) in [6.07, 6.45) is -1.64. The third-order valence-electron chi connectivity index (χ3n) is 3.27. The summed E-state index contributed by atoms with van der Waals surface area (Å²) in [5.74, 6) is 0.232. The molecule has 0 aliphatic carbocycles. The Labute approximate surface area is 132 Å². The van der Waals surface area contributed by atoms with E-state index in [0.717, 1.165) is 0 Å². The van der Waals surface area contributed by atoms with Crippen LogP contribution in [0.15, 0.2) is 48.5 Å². The zero-order chi connectivity index (χ0) is 16.4. The SMILES string of the molecule is NC(=O)[C@@H]1O[C@@H]1C(=O)Nc1ccc(Oc2ccc(N)cc2)cc1. The summed E-state index contributed by atoms with van der Waals surface area (Å²) in [5, 5.41) is 2.64. The van der Waals surface area contributed by atoms with Gasteiger partial charge in [0.1, 0.15) is 11.5 Å². The molecule has 0 unspecified atom stereocenters. The Morgan fingerprint density at radius 3 is 2.04 bits per heavy atom. The molecule has 0 aromatic heterocycles. The Hall–Kier alpha value is -3.06. The molecule has 2 amide bonds. The van der Waals surface area contributed by atoms with Crippen LogP contribution in [0.25, 0.3) is 0 Å². The number of hydrogen-bond donors (Lipinski definition) is 3. The molecule has 0 spiro atoms. The molecule has 2 atom stereocenters. The van der Waals surface area contributed by atoms with Crippen molar-refractivity contribution in [3.05, 3.63) is 48.5 Å². The summed E-state index contributed by atoms with van der Waals surface area (Å²) in [4.78, 5) is 22.7. The predicted molar refractivity (Wildman–Crippen MR) is 83.9 cm³/mol. The maximum absolute atomic E-state index is 11.8. The van der Waals surface area contributed by atoms with Crippen molar-refractivity contribution in [2.45, 2.75) is 12.2 Å². The first kappa shape index (κ1) is 14.9. The van der Waals surface area contributed by atoms with Gasteiger partial charge in [0.2, 0.25) is 5.91 Å². The van der Waals surface area contributed by atoms with Crippen LogP contribution in [0.2, 0.25) is 0 Å². The van der Waals surface area contributed by atoms with Gasteiger partial charge in [-0.05, 0) is 48.5 Å². The summed E-state index contributed by atoms with van der Waals surface area (Å²) in [6, 6.07) is 13.8. The smallest absolute Gasteiger partial charge is 0.256 e. The van der Waals surface area contributed by atoms with Gasteiger partial charge >= 0.3 is 0 Å². The maximum Gasteiger partial charge on any atom is 0.256 e. The van der Waals surface area contributed by atoms with Crippen LogP contribution in [-0.2, 0) is 14.3 Å². The Balaban J connectivity index is 1.58. The molecule has 1 saturated heterocycles. The predicted octanol–water partition coefficient (Wildman–Crippen LogP) is 1.25. The molecule has 23 heavy (non-hydrogen) atoms. The average molecular weight is 313 g/mol. The van der Waals surface area contributed by atoms with E-state index in [4.69, 9.17) is 20.9 Å². The molecule has 1 aliphatic heterocycles. The number of hydrogen-bond acceptors (Lipinski definition) is 5. The molecular weight excluding hydrogens is 298 g/mol. The number of ether oxygens (including phenoxy) is 2. The van der Waals surface area contributed by atoms with Gasteiger partial charge in [0.15, 0.2) is 12.2 Å². The number of rotatable bonds is 5. The Morgan fingerprint density at radius 2 is 1.52 bits per heavy atom. The quantitative estimate of drug-likeness (QED) is 0.567. The number of benzene rings is 2. The van der Waals surface area contributed by atoms with Crippen LogP contribution in [0, 0.1) is 0 Å². The average Bonchev–Trinajstić information content (AvgIpc) is 3.32. The van der Waals surface area contributed by atoms with Crippen LogP contribution < -0.4 is 21.5 Å². The maximum atomic E-state index is 11.8. The van der Waals surface area contributed by atoms with Gasteiger partial charge in [-0.15, -0.1) is 0 Å². The van der Waals surface area contributed by atoms with E-state index in [9.17, 15) is 9.59 Å². The van der Waals surface area contributed by atoms with E-state index >= 15 is 0 Å². The van der Waals surface area contributed by atoms with Gasteiger partial charge in [-0.25, -0.2) is 0 Å². The number of nitrogens with two attached hydrogens (primary N) is 2. The van der Waals surface area contributed by atoms with Crippen molar-refractivity contribution in [1.82, 2.24) is 0 Å². The number of carbonyl (C=O) groups excluding carboxylic acids is 2. The summed E-state index contributed by atoms with van der Waals surface area (Å²) < 4.78 is 10.6. The highest BCUT2D eigenvalue weighted by atomic mass is 16.6. The van der Waals surface area contributed by atoms with E-state index in [0.29, 0.717) is 22.9 Å². The van der Waals surface area contributed by atoms with Crippen molar-refractivity contribution >= 4 is 23.2 Å². The van der Waals surface area contributed by atoms with E-state index in [1.54, 1.807) is 48.5 Å². The van der Waals surface area contributed by atoms with E-state index < -0.39 is 24.0 Å². The van der Waals surface area contributed by atoms with E-state index in [-0.39, 0.29) is 0 Å². The first-order valence-electron chi connectivity index (χ1n) is 6.92. The van der Waals surface area contributed by atoms with Gasteiger partial charge < -0.3 is 26.3 Å². The lowest BCUT2D eigenvalue weighted by atomic mass is 10.2. The molecule has 1 fully saturated rings. The van der Waals surface area contributed by atoms with Crippen LogP contribution in [0.3, 0.4) is 0 Å².